The Morgan fingerprint density at radius 1 is 1.38 bits per heavy atom. The average molecular weight is 182 g/mol. The van der Waals surface area contributed by atoms with E-state index < -0.39 is 11.3 Å². The number of hydrogen-bond donors (Lipinski definition) is 0. The molecule has 72 valence electrons. The van der Waals surface area contributed by atoms with Crippen LogP contribution in [0.4, 0.5) is 0 Å². The highest BCUT2D eigenvalue weighted by molar-refractivity contribution is 6.21. The third-order valence-electron chi connectivity index (χ3n) is 2.65. The molecule has 0 saturated heterocycles. The molecule has 0 bridgehead atoms. The van der Waals surface area contributed by atoms with Gasteiger partial charge in [0.15, 0.2) is 11.6 Å². The van der Waals surface area contributed by atoms with Crippen molar-refractivity contribution in [2.45, 2.75) is 33.6 Å². The fraction of sp³-hybridized carbons (Fsp3) is 0.700. The average Bonchev–Trinajstić information content (AvgIpc) is 1.98. The zero-order chi connectivity index (χ0) is 10.2. The number of Topliss-reactive ketones (excluding diaryl/α,β-unsaturated/α-hetero) is 3. The van der Waals surface area contributed by atoms with Crippen molar-refractivity contribution in [2.24, 2.45) is 11.3 Å². The first-order chi connectivity index (χ1) is 5.86. The fourth-order valence-electron chi connectivity index (χ4n) is 1.65. The molecule has 0 radical (unpaired) electrons. The fourth-order valence-corrected chi connectivity index (χ4v) is 1.65. The normalized spacial score (nSPS) is 27.5. The summed E-state index contributed by atoms with van der Waals surface area (Å²) in [6, 6.07) is 0. The van der Waals surface area contributed by atoms with E-state index in [-0.39, 0.29) is 17.3 Å². The van der Waals surface area contributed by atoms with Crippen molar-refractivity contribution >= 4 is 17.3 Å². The Kier molecular flexibility index (Phi) is 2.37. The van der Waals surface area contributed by atoms with Crippen LogP contribution >= 0.6 is 0 Å². The zero-order valence-electron chi connectivity index (χ0n) is 8.22. The van der Waals surface area contributed by atoms with E-state index in [4.69, 9.17) is 0 Å². The summed E-state index contributed by atoms with van der Waals surface area (Å²) in [7, 11) is 0. The molecular weight excluding hydrogens is 168 g/mol. The van der Waals surface area contributed by atoms with Crippen LogP contribution in [0, 0.1) is 11.3 Å². The minimum Gasteiger partial charge on any atom is -0.299 e. The van der Waals surface area contributed by atoms with Crippen LogP contribution in [-0.2, 0) is 14.4 Å². The summed E-state index contributed by atoms with van der Waals surface area (Å²) in [5.41, 5.74) is -0.510. The Morgan fingerprint density at radius 2 is 1.92 bits per heavy atom. The topological polar surface area (TPSA) is 51.2 Å². The molecule has 3 heteroatoms. The molecule has 1 unspecified atom stereocenters. The van der Waals surface area contributed by atoms with Crippen LogP contribution in [0.15, 0.2) is 0 Å². The van der Waals surface area contributed by atoms with Crippen molar-refractivity contribution in [3.05, 3.63) is 0 Å². The lowest BCUT2D eigenvalue weighted by atomic mass is 9.69. The van der Waals surface area contributed by atoms with E-state index in [9.17, 15) is 14.4 Å². The highest BCUT2D eigenvalue weighted by atomic mass is 16.2. The van der Waals surface area contributed by atoms with E-state index in [0.29, 0.717) is 12.8 Å². The van der Waals surface area contributed by atoms with Crippen LogP contribution in [0.2, 0.25) is 0 Å². The van der Waals surface area contributed by atoms with Crippen molar-refractivity contribution in [3.63, 3.8) is 0 Å². The molecule has 1 saturated carbocycles. The van der Waals surface area contributed by atoms with Gasteiger partial charge in [0.2, 0.25) is 0 Å². The van der Waals surface area contributed by atoms with Crippen molar-refractivity contribution in [1.29, 1.82) is 0 Å². The van der Waals surface area contributed by atoms with Gasteiger partial charge in [0.25, 0.3) is 0 Å². The summed E-state index contributed by atoms with van der Waals surface area (Å²) < 4.78 is 0. The first kappa shape index (κ1) is 10.1. The highest BCUT2D eigenvalue weighted by Gasteiger charge is 2.44. The van der Waals surface area contributed by atoms with E-state index >= 15 is 0 Å². The SMILES string of the molecule is CC(=O)C1C(=O)CCC(C)(C)C1=O. The second kappa shape index (κ2) is 3.05. The van der Waals surface area contributed by atoms with Crippen LogP contribution in [0.3, 0.4) is 0 Å². The predicted molar refractivity (Wildman–Crippen MR) is 47.2 cm³/mol. The zero-order valence-corrected chi connectivity index (χ0v) is 8.22. The third kappa shape index (κ3) is 1.69. The molecule has 1 aliphatic carbocycles. The monoisotopic (exact) mass is 182 g/mol. The van der Waals surface area contributed by atoms with Crippen LogP contribution < -0.4 is 0 Å². The van der Waals surface area contributed by atoms with Crippen LogP contribution in [0.25, 0.3) is 0 Å². The molecule has 1 rings (SSSR count). The van der Waals surface area contributed by atoms with E-state index in [2.05, 4.69) is 0 Å². The van der Waals surface area contributed by atoms with E-state index in [0.717, 1.165) is 0 Å². The van der Waals surface area contributed by atoms with E-state index in [1.807, 2.05) is 0 Å². The predicted octanol–water partition coefficient (Wildman–Crippen LogP) is 1.15. The number of rotatable bonds is 1. The maximum absolute atomic E-state index is 11.7. The van der Waals surface area contributed by atoms with Crippen molar-refractivity contribution in [1.82, 2.24) is 0 Å². The number of carbonyl (C=O) groups is 3. The van der Waals surface area contributed by atoms with Gasteiger partial charge in [-0.25, -0.2) is 0 Å². The van der Waals surface area contributed by atoms with Gasteiger partial charge in [0.1, 0.15) is 11.7 Å². The summed E-state index contributed by atoms with van der Waals surface area (Å²) in [6.45, 7) is 4.89. The van der Waals surface area contributed by atoms with Crippen LogP contribution in [0.1, 0.15) is 33.6 Å². The van der Waals surface area contributed by atoms with Gasteiger partial charge in [0, 0.05) is 11.8 Å². The van der Waals surface area contributed by atoms with Gasteiger partial charge in [0.05, 0.1) is 0 Å². The highest BCUT2D eigenvalue weighted by Crippen LogP contribution is 2.33. The second-order valence-electron chi connectivity index (χ2n) is 4.26. The number of carbonyl (C=O) groups excluding carboxylic acids is 3. The number of hydrogen-bond acceptors (Lipinski definition) is 3. The summed E-state index contributed by atoms with van der Waals surface area (Å²) in [5.74, 6) is -1.72. The summed E-state index contributed by atoms with van der Waals surface area (Å²) in [6.07, 6.45) is 0.914. The van der Waals surface area contributed by atoms with Crippen molar-refractivity contribution < 1.29 is 14.4 Å². The molecular formula is C10H14O3. The molecule has 0 aliphatic heterocycles. The molecule has 1 aliphatic rings. The maximum atomic E-state index is 11.7. The Morgan fingerprint density at radius 3 is 2.31 bits per heavy atom. The van der Waals surface area contributed by atoms with E-state index in [1.54, 1.807) is 13.8 Å². The minimum atomic E-state index is -0.983. The van der Waals surface area contributed by atoms with Gasteiger partial charge in [-0.15, -0.1) is 0 Å². The lowest BCUT2D eigenvalue weighted by Gasteiger charge is -2.31. The molecule has 0 heterocycles. The molecule has 13 heavy (non-hydrogen) atoms. The molecule has 0 aromatic carbocycles. The molecule has 0 amide bonds. The van der Waals surface area contributed by atoms with Crippen molar-refractivity contribution in [2.75, 3.05) is 0 Å². The first-order valence-electron chi connectivity index (χ1n) is 4.44. The lowest BCUT2D eigenvalue weighted by Crippen LogP contribution is -2.44. The summed E-state index contributed by atoms with van der Waals surface area (Å²) >= 11 is 0. The smallest absolute Gasteiger partial charge is 0.156 e. The third-order valence-corrected chi connectivity index (χ3v) is 2.65. The Labute approximate surface area is 77.5 Å². The Hall–Kier alpha value is -0.990. The molecule has 1 atom stereocenters. The second-order valence-corrected chi connectivity index (χ2v) is 4.26. The number of ketones is 3. The van der Waals surface area contributed by atoms with Crippen LogP contribution in [-0.4, -0.2) is 17.3 Å². The van der Waals surface area contributed by atoms with Gasteiger partial charge < -0.3 is 0 Å². The molecule has 0 aromatic heterocycles. The standard InChI is InChI=1S/C10H14O3/c1-6(11)8-7(12)4-5-10(2,3)9(8)13/h8H,4-5H2,1-3H3. The van der Waals surface area contributed by atoms with Crippen molar-refractivity contribution in [3.8, 4) is 0 Å². The Balaban J connectivity index is 2.98. The largest absolute Gasteiger partial charge is 0.299 e. The lowest BCUT2D eigenvalue weighted by molar-refractivity contribution is -0.147. The molecule has 0 spiro atoms. The molecule has 3 nitrogen and oxygen atoms in total. The molecule has 1 fully saturated rings. The first-order valence-corrected chi connectivity index (χ1v) is 4.44. The van der Waals surface area contributed by atoms with Crippen LogP contribution in [0.5, 0.6) is 0 Å². The Bertz CT molecular complexity index is 276. The molecule has 0 aromatic rings. The quantitative estimate of drug-likeness (QED) is 0.571. The van der Waals surface area contributed by atoms with Gasteiger partial charge in [-0.3, -0.25) is 14.4 Å². The summed E-state index contributed by atoms with van der Waals surface area (Å²) in [4.78, 5) is 34.0. The van der Waals surface area contributed by atoms with Gasteiger partial charge in [-0.05, 0) is 13.3 Å². The summed E-state index contributed by atoms with van der Waals surface area (Å²) in [5, 5.41) is 0. The minimum absolute atomic E-state index is 0.211. The maximum Gasteiger partial charge on any atom is 0.156 e. The van der Waals surface area contributed by atoms with E-state index in [1.165, 1.54) is 6.92 Å². The van der Waals surface area contributed by atoms with Gasteiger partial charge in [-0.1, -0.05) is 13.8 Å². The van der Waals surface area contributed by atoms with Gasteiger partial charge >= 0.3 is 0 Å². The molecule has 0 N–H and O–H groups in total. The van der Waals surface area contributed by atoms with Gasteiger partial charge in [-0.2, -0.15) is 0 Å².